The van der Waals surface area contributed by atoms with Crippen molar-refractivity contribution < 1.29 is 23.7 Å². The highest BCUT2D eigenvalue weighted by Gasteiger charge is 2.67. The molecule has 0 N–H and O–H groups in total. The second-order valence-electron chi connectivity index (χ2n) is 23.7. The van der Waals surface area contributed by atoms with Crippen LogP contribution in [0.4, 0.5) is 0 Å². The number of ketones is 1. The number of hydrogen-bond acceptors (Lipinski definition) is 5. The van der Waals surface area contributed by atoms with Crippen LogP contribution in [0, 0.1) is 86.3 Å². The fraction of sp³-hybridized carbons (Fsp3) is 0.941. The van der Waals surface area contributed by atoms with Crippen LogP contribution in [0.5, 0.6) is 0 Å². The smallest absolute Gasteiger partial charge is 0.161 e. The first-order chi connectivity index (χ1) is 25.9. The molecular formula is C51H88O5. The summed E-state index contributed by atoms with van der Waals surface area (Å²) in [6, 6.07) is 0. The average molecular weight is 781 g/mol. The maximum absolute atomic E-state index is 14.6. The predicted molar refractivity (Wildman–Crippen MR) is 230 cm³/mol. The minimum absolute atomic E-state index is 0.00803. The Labute approximate surface area is 345 Å². The topological polar surface area (TPSA) is 54.0 Å². The Bertz CT molecular complexity index is 1420. The molecule has 0 aromatic heterocycles. The Kier molecular flexibility index (Phi) is 12.7. The van der Waals surface area contributed by atoms with Crippen molar-refractivity contribution in [3.8, 4) is 0 Å². The van der Waals surface area contributed by atoms with Crippen molar-refractivity contribution >= 4 is 5.78 Å². The molecule has 2 heterocycles. The third-order valence-corrected chi connectivity index (χ3v) is 19.3. The highest BCUT2D eigenvalue weighted by Crippen LogP contribution is 2.74. The molecule has 5 heteroatoms. The second-order valence-corrected chi connectivity index (χ2v) is 23.7. The lowest BCUT2D eigenvalue weighted by Gasteiger charge is -2.62. The van der Waals surface area contributed by atoms with Crippen molar-refractivity contribution in [3.05, 3.63) is 11.6 Å². The highest BCUT2D eigenvalue weighted by molar-refractivity contribution is 5.94. The number of fused-ring (bicyclic) bond motifs is 5. The maximum atomic E-state index is 14.6. The van der Waals surface area contributed by atoms with Gasteiger partial charge >= 0.3 is 0 Å². The number of carbonyl (C=O) groups excluding carboxylic acids is 1. The van der Waals surface area contributed by atoms with Crippen LogP contribution in [-0.2, 0) is 23.7 Å². The Hall–Kier alpha value is -0.750. The molecule has 0 aromatic carbocycles. The summed E-state index contributed by atoms with van der Waals surface area (Å²) in [4.78, 5) is 14.6. The number of allylic oxidation sites excluding steroid dienone is 2. The predicted octanol–water partition coefficient (Wildman–Crippen LogP) is 13.1. The first-order valence-corrected chi connectivity index (χ1v) is 23.8. The summed E-state index contributed by atoms with van der Waals surface area (Å²) in [6.07, 6.45) is 13.3. The largest absolute Gasteiger partial charge is 0.349 e. The zero-order valence-corrected chi connectivity index (χ0v) is 39.4. The number of rotatable bonds is 10. The Morgan fingerprint density at radius 3 is 1.91 bits per heavy atom. The van der Waals surface area contributed by atoms with Crippen LogP contribution in [-0.4, -0.2) is 42.8 Å². The van der Waals surface area contributed by atoms with Gasteiger partial charge in [-0.25, -0.2) is 0 Å². The average Bonchev–Trinajstić information content (AvgIpc) is 3.42. The van der Waals surface area contributed by atoms with E-state index in [-0.39, 0.29) is 70.0 Å². The third-order valence-electron chi connectivity index (χ3n) is 19.3. The lowest BCUT2D eigenvalue weighted by molar-refractivity contribution is -0.283. The van der Waals surface area contributed by atoms with E-state index < -0.39 is 0 Å². The quantitative estimate of drug-likeness (QED) is 0.221. The van der Waals surface area contributed by atoms with Gasteiger partial charge < -0.3 is 18.9 Å². The molecule has 56 heavy (non-hydrogen) atoms. The molecule has 3 saturated carbocycles. The Morgan fingerprint density at radius 2 is 1.34 bits per heavy atom. The van der Waals surface area contributed by atoms with Gasteiger partial charge in [0.25, 0.3) is 0 Å². The van der Waals surface area contributed by atoms with Crippen molar-refractivity contribution in [1.82, 2.24) is 0 Å². The number of carbonyl (C=O) groups is 1. The van der Waals surface area contributed by atoms with Crippen LogP contribution in [0.2, 0.25) is 0 Å². The van der Waals surface area contributed by atoms with Crippen molar-refractivity contribution in [2.75, 3.05) is 0 Å². The van der Waals surface area contributed by atoms with Crippen molar-refractivity contribution in [3.63, 3.8) is 0 Å². The van der Waals surface area contributed by atoms with Crippen LogP contribution in [0.1, 0.15) is 182 Å². The Balaban J connectivity index is 1.25. The zero-order chi connectivity index (χ0) is 41.5. The van der Waals surface area contributed by atoms with Gasteiger partial charge in [-0.15, -0.1) is 0 Å². The molecule has 2 saturated heterocycles. The fourth-order valence-corrected chi connectivity index (χ4v) is 14.4. The lowest BCUT2D eigenvalue weighted by atomic mass is 9.42. The summed E-state index contributed by atoms with van der Waals surface area (Å²) < 4.78 is 27.9. The molecule has 19 atom stereocenters. The summed E-state index contributed by atoms with van der Waals surface area (Å²) in [5.41, 5.74) is 1.70. The Morgan fingerprint density at radius 1 is 0.768 bits per heavy atom. The minimum Gasteiger partial charge on any atom is -0.349 e. The van der Waals surface area contributed by atoms with E-state index in [2.05, 4.69) is 124 Å². The monoisotopic (exact) mass is 781 g/mol. The summed E-state index contributed by atoms with van der Waals surface area (Å²) in [5.74, 6) is 4.57. The molecule has 0 amide bonds. The van der Waals surface area contributed by atoms with E-state index in [9.17, 15) is 4.79 Å². The normalized spacial score (nSPS) is 49.1. The SMILES string of the molecule is CCC1OC(O[C@@H]2C[C@H]3C(=O)C=C4C(CC[C@]5(C)[C@@H](C(C)(C)[C@@H](CCC(C)(C)C)OC6OC(CC)C(C)C(C)C6C)CC[C@@]45C)[C@@]3(C)C[C@@H]2C)C(C)C(C)C1C. The van der Waals surface area contributed by atoms with Crippen molar-refractivity contribution in [1.29, 1.82) is 0 Å². The van der Waals surface area contributed by atoms with Gasteiger partial charge in [0, 0.05) is 17.8 Å². The highest BCUT2D eigenvalue weighted by atomic mass is 16.7. The number of hydrogen-bond donors (Lipinski definition) is 0. The van der Waals surface area contributed by atoms with Gasteiger partial charge in [-0.3, -0.25) is 4.79 Å². The van der Waals surface area contributed by atoms with E-state index in [0.717, 1.165) is 44.9 Å². The standard InChI is InChI=1S/C51H88O5/c1-18-40-32(6)30(4)34(8)45(53-40)55-42-27-38-39(52)26-37-36(49(38,15)28-29(42)3)20-24-51(17)43(21-25-50(37,51)16)48(13,14)44(22-23-47(10,11)12)56-46-35(9)31(5)33(7)41(19-2)54-46/h26,29-36,38,40-46H,18-25,27-28H2,1-17H3/t29-,30?,31?,32?,33?,34?,35?,36?,38-,40?,41?,42+,43+,44+,45?,46?,49+,50-,51+/m0/s1. The molecule has 0 bridgehead atoms. The van der Waals surface area contributed by atoms with Gasteiger partial charge in [-0.05, 0) is 139 Å². The summed E-state index contributed by atoms with van der Waals surface area (Å²) in [6.45, 7) is 40.9. The van der Waals surface area contributed by atoms with E-state index in [1.807, 2.05) is 0 Å². The molecule has 5 fully saturated rings. The van der Waals surface area contributed by atoms with Crippen LogP contribution >= 0.6 is 0 Å². The van der Waals surface area contributed by atoms with Gasteiger partial charge in [-0.1, -0.05) is 123 Å². The molecule has 2 aliphatic heterocycles. The van der Waals surface area contributed by atoms with Crippen molar-refractivity contribution in [2.45, 2.75) is 219 Å². The molecule has 6 rings (SSSR count). The van der Waals surface area contributed by atoms with Gasteiger partial charge in [0.05, 0.1) is 24.4 Å². The molecular weight excluding hydrogens is 693 g/mol. The van der Waals surface area contributed by atoms with E-state index >= 15 is 0 Å². The van der Waals surface area contributed by atoms with Gasteiger partial charge in [-0.2, -0.15) is 0 Å². The summed E-state index contributed by atoms with van der Waals surface area (Å²) in [7, 11) is 0. The molecule has 0 radical (unpaired) electrons. The van der Waals surface area contributed by atoms with E-state index in [0.29, 0.717) is 59.0 Å². The molecule has 0 aromatic rings. The van der Waals surface area contributed by atoms with Gasteiger partial charge in [0.2, 0.25) is 0 Å². The maximum Gasteiger partial charge on any atom is 0.161 e. The second kappa shape index (κ2) is 15.9. The van der Waals surface area contributed by atoms with Crippen LogP contribution < -0.4 is 0 Å². The molecule has 322 valence electrons. The molecule has 4 aliphatic carbocycles. The van der Waals surface area contributed by atoms with E-state index in [1.165, 1.54) is 24.8 Å². The molecule has 0 spiro atoms. The zero-order valence-electron chi connectivity index (χ0n) is 39.4. The molecule has 6 aliphatic rings. The lowest BCUT2D eigenvalue weighted by Crippen LogP contribution is -2.58. The minimum atomic E-state index is -0.190. The third kappa shape index (κ3) is 7.50. The fourth-order valence-electron chi connectivity index (χ4n) is 14.4. The van der Waals surface area contributed by atoms with E-state index in [1.54, 1.807) is 0 Å². The van der Waals surface area contributed by atoms with Crippen molar-refractivity contribution in [2.24, 2.45) is 86.3 Å². The number of ether oxygens (including phenoxy) is 4. The molecule has 5 nitrogen and oxygen atoms in total. The van der Waals surface area contributed by atoms with Gasteiger partial charge in [0.15, 0.2) is 18.4 Å². The first kappa shape index (κ1) is 44.8. The van der Waals surface area contributed by atoms with Crippen LogP contribution in [0.3, 0.4) is 0 Å². The van der Waals surface area contributed by atoms with Crippen LogP contribution in [0.25, 0.3) is 0 Å². The van der Waals surface area contributed by atoms with E-state index in [4.69, 9.17) is 18.9 Å². The summed E-state index contributed by atoms with van der Waals surface area (Å²) >= 11 is 0. The first-order valence-electron chi connectivity index (χ1n) is 23.8. The van der Waals surface area contributed by atoms with Gasteiger partial charge in [0.1, 0.15) is 0 Å². The molecule has 11 unspecified atom stereocenters. The van der Waals surface area contributed by atoms with Crippen LogP contribution in [0.15, 0.2) is 11.6 Å². The summed E-state index contributed by atoms with van der Waals surface area (Å²) in [5, 5.41) is 0.